The molecule has 0 saturated carbocycles. The molecule has 0 radical (unpaired) electrons. The number of carbonyl (C=O) groups is 1. The van der Waals surface area contributed by atoms with Crippen LogP contribution in [0.25, 0.3) is 10.9 Å². The van der Waals surface area contributed by atoms with Gasteiger partial charge in [-0.3, -0.25) is 14.2 Å². The molecule has 1 aromatic carbocycles. The molecule has 1 fully saturated rings. The van der Waals surface area contributed by atoms with Gasteiger partial charge in [0.05, 0.1) is 35.9 Å². The predicted octanol–water partition coefficient (Wildman–Crippen LogP) is 0.500. The number of Topliss-reactive ketones (excluding diaryl/α,β-unsaturated/α-hetero) is 1. The molecule has 0 amide bonds. The van der Waals surface area contributed by atoms with Crippen LogP contribution in [0.15, 0.2) is 35.4 Å². The number of ketones is 1. The van der Waals surface area contributed by atoms with Gasteiger partial charge >= 0.3 is 0 Å². The third-order valence-corrected chi connectivity index (χ3v) is 3.83. The average Bonchev–Trinajstić information content (AvgIpc) is 2.51. The normalized spacial score (nSPS) is 21.3. The van der Waals surface area contributed by atoms with Crippen molar-refractivity contribution in [2.45, 2.75) is 31.5 Å². The fourth-order valence-corrected chi connectivity index (χ4v) is 2.68. The van der Waals surface area contributed by atoms with E-state index < -0.39 is 12.1 Å². The fourth-order valence-electron chi connectivity index (χ4n) is 2.68. The summed E-state index contributed by atoms with van der Waals surface area (Å²) >= 11 is 0. The second-order valence-electron chi connectivity index (χ2n) is 5.30. The molecular formula is C15H18ClN3O3. The molecule has 0 unspecified atom stereocenters. The number of hydrogen-bond donors (Lipinski definition) is 2. The predicted molar refractivity (Wildman–Crippen MR) is 85.3 cm³/mol. The minimum atomic E-state index is -0.685. The van der Waals surface area contributed by atoms with E-state index in [-0.39, 0.29) is 30.3 Å². The number of piperidine rings is 1. The van der Waals surface area contributed by atoms with Crippen molar-refractivity contribution in [3.63, 3.8) is 0 Å². The number of fused-ring (bicyclic) bond motifs is 1. The van der Waals surface area contributed by atoms with E-state index in [9.17, 15) is 14.7 Å². The van der Waals surface area contributed by atoms with Gasteiger partial charge in [0.1, 0.15) is 0 Å². The van der Waals surface area contributed by atoms with Gasteiger partial charge in [0, 0.05) is 0 Å². The maximum absolute atomic E-state index is 12.3. The zero-order chi connectivity index (χ0) is 14.8. The van der Waals surface area contributed by atoms with Crippen molar-refractivity contribution in [2.75, 3.05) is 6.54 Å². The van der Waals surface area contributed by atoms with Gasteiger partial charge in [-0.2, -0.15) is 0 Å². The SMILES string of the molecule is Cl.O=C(Cn1cnc2ccccc2c1=O)[C@H]1NCCC[C@@H]1O. The summed E-state index contributed by atoms with van der Waals surface area (Å²) in [5.74, 6) is -0.193. The van der Waals surface area contributed by atoms with Crippen LogP contribution in [0.3, 0.4) is 0 Å². The van der Waals surface area contributed by atoms with Crippen LogP contribution in [0.5, 0.6) is 0 Å². The maximum Gasteiger partial charge on any atom is 0.261 e. The first-order valence-corrected chi connectivity index (χ1v) is 7.05. The van der Waals surface area contributed by atoms with Crippen molar-refractivity contribution in [2.24, 2.45) is 0 Å². The largest absolute Gasteiger partial charge is 0.391 e. The second kappa shape index (κ2) is 7.00. The van der Waals surface area contributed by atoms with Gasteiger partial charge in [-0.05, 0) is 31.5 Å². The van der Waals surface area contributed by atoms with E-state index in [2.05, 4.69) is 10.3 Å². The number of aromatic nitrogens is 2. The monoisotopic (exact) mass is 323 g/mol. The highest BCUT2D eigenvalue weighted by atomic mass is 35.5. The number of aliphatic hydroxyl groups is 1. The molecule has 1 saturated heterocycles. The number of aliphatic hydroxyl groups excluding tert-OH is 1. The van der Waals surface area contributed by atoms with E-state index >= 15 is 0 Å². The van der Waals surface area contributed by atoms with E-state index in [4.69, 9.17) is 0 Å². The number of benzene rings is 1. The number of para-hydroxylation sites is 1. The molecule has 118 valence electrons. The van der Waals surface area contributed by atoms with Crippen molar-refractivity contribution in [3.05, 3.63) is 40.9 Å². The smallest absolute Gasteiger partial charge is 0.261 e. The molecule has 2 heterocycles. The molecule has 6 nitrogen and oxygen atoms in total. The third-order valence-electron chi connectivity index (χ3n) is 3.83. The zero-order valence-electron chi connectivity index (χ0n) is 11.9. The van der Waals surface area contributed by atoms with Crippen LogP contribution < -0.4 is 10.9 Å². The number of halogens is 1. The molecule has 0 bridgehead atoms. The van der Waals surface area contributed by atoms with Crippen LogP contribution in [-0.4, -0.2) is 39.1 Å². The Morgan fingerprint density at radius 1 is 1.41 bits per heavy atom. The van der Waals surface area contributed by atoms with Crippen LogP contribution in [0.2, 0.25) is 0 Å². The highest BCUT2D eigenvalue weighted by molar-refractivity contribution is 5.85. The van der Waals surface area contributed by atoms with Crippen LogP contribution >= 0.6 is 12.4 Å². The van der Waals surface area contributed by atoms with Crippen molar-refractivity contribution in [1.82, 2.24) is 14.9 Å². The molecule has 0 spiro atoms. The Kier molecular flexibility index (Phi) is 5.28. The number of nitrogens with zero attached hydrogens (tertiary/aromatic N) is 2. The highest BCUT2D eigenvalue weighted by Crippen LogP contribution is 2.10. The molecule has 2 atom stereocenters. The standard InChI is InChI=1S/C15H17N3O3.ClH/c19-12-6-3-7-16-14(12)13(20)8-18-9-17-11-5-2-1-4-10(11)15(18)21;/h1-2,4-5,9,12,14,16,19H,3,6-8H2;1H/t12-,14-;/m0./s1. The highest BCUT2D eigenvalue weighted by Gasteiger charge is 2.29. The first-order valence-electron chi connectivity index (χ1n) is 7.05. The van der Waals surface area contributed by atoms with E-state index in [0.29, 0.717) is 23.9 Å². The van der Waals surface area contributed by atoms with Gasteiger partial charge in [-0.25, -0.2) is 4.98 Å². The molecule has 1 aliphatic heterocycles. The van der Waals surface area contributed by atoms with Crippen LogP contribution in [0.4, 0.5) is 0 Å². The topological polar surface area (TPSA) is 84.2 Å². The summed E-state index contributed by atoms with van der Waals surface area (Å²) in [4.78, 5) is 28.8. The lowest BCUT2D eigenvalue weighted by molar-refractivity contribution is -0.125. The molecule has 3 rings (SSSR count). The van der Waals surface area contributed by atoms with Crippen molar-refractivity contribution >= 4 is 29.1 Å². The summed E-state index contributed by atoms with van der Waals surface area (Å²) in [5.41, 5.74) is 0.376. The van der Waals surface area contributed by atoms with Crippen LogP contribution in [-0.2, 0) is 11.3 Å². The number of hydrogen-bond acceptors (Lipinski definition) is 5. The lowest BCUT2D eigenvalue weighted by Crippen LogP contribution is -2.51. The summed E-state index contributed by atoms with van der Waals surface area (Å²) in [6.07, 6.45) is 2.16. The minimum Gasteiger partial charge on any atom is -0.391 e. The first-order chi connectivity index (χ1) is 10.2. The van der Waals surface area contributed by atoms with E-state index in [1.165, 1.54) is 10.9 Å². The summed E-state index contributed by atoms with van der Waals surface area (Å²) in [6, 6.07) is 6.43. The molecule has 22 heavy (non-hydrogen) atoms. The quantitative estimate of drug-likeness (QED) is 0.859. The molecule has 7 heteroatoms. The molecule has 1 aliphatic rings. The van der Waals surface area contributed by atoms with Crippen molar-refractivity contribution in [3.8, 4) is 0 Å². The van der Waals surface area contributed by atoms with Crippen molar-refractivity contribution < 1.29 is 9.90 Å². The summed E-state index contributed by atoms with van der Waals surface area (Å²) < 4.78 is 1.30. The number of nitrogens with one attached hydrogen (secondary N) is 1. The molecule has 2 N–H and O–H groups in total. The van der Waals surface area contributed by atoms with Gasteiger partial charge in [-0.15, -0.1) is 12.4 Å². The zero-order valence-corrected chi connectivity index (χ0v) is 12.8. The van der Waals surface area contributed by atoms with Gasteiger partial charge in [0.15, 0.2) is 5.78 Å². The van der Waals surface area contributed by atoms with Crippen LogP contribution in [0.1, 0.15) is 12.8 Å². The maximum atomic E-state index is 12.3. The Balaban J connectivity index is 0.00000176. The van der Waals surface area contributed by atoms with Gasteiger partial charge < -0.3 is 10.4 Å². The molecule has 2 aromatic rings. The van der Waals surface area contributed by atoms with E-state index in [1.54, 1.807) is 18.2 Å². The van der Waals surface area contributed by atoms with E-state index in [1.807, 2.05) is 6.07 Å². The van der Waals surface area contributed by atoms with Crippen molar-refractivity contribution in [1.29, 1.82) is 0 Å². The Morgan fingerprint density at radius 2 is 2.18 bits per heavy atom. The lowest BCUT2D eigenvalue weighted by Gasteiger charge is -2.27. The third kappa shape index (κ3) is 3.19. The molecule has 1 aromatic heterocycles. The van der Waals surface area contributed by atoms with E-state index in [0.717, 1.165) is 6.42 Å². The Hall–Kier alpha value is -1.76. The molecule has 0 aliphatic carbocycles. The first kappa shape index (κ1) is 16.6. The average molecular weight is 324 g/mol. The van der Waals surface area contributed by atoms with Gasteiger partial charge in [-0.1, -0.05) is 12.1 Å². The van der Waals surface area contributed by atoms with Crippen LogP contribution in [0, 0.1) is 0 Å². The summed E-state index contributed by atoms with van der Waals surface area (Å²) in [6.45, 7) is 0.629. The summed E-state index contributed by atoms with van der Waals surface area (Å²) in [5, 5.41) is 13.4. The minimum absolute atomic E-state index is 0. The van der Waals surface area contributed by atoms with Gasteiger partial charge in [0.25, 0.3) is 5.56 Å². The lowest BCUT2D eigenvalue weighted by atomic mass is 9.98. The fraction of sp³-hybridized carbons (Fsp3) is 0.400. The Bertz CT molecular complexity index is 731. The molecular weight excluding hydrogens is 306 g/mol. The number of rotatable bonds is 3. The number of carbonyl (C=O) groups excluding carboxylic acids is 1. The summed E-state index contributed by atoms with van der Waals surface area (Å²) in [7, 11) is 0. The van der Waals surface area contributed by atoms with Gasteiger partial charge in [0.2, 0.25) is 0 Å². The Labute approximate surface area is 133 Å². The second-order valence-corrected chi connectivity index (χ2v) is 5.30. The Morgan fingerprint density at radius 3 is 2.95 bits per heavy atom.